The van der Waals surface area contributed by atoms with Crippen molar-refractivity contribution in [1.82, 2.24) is 5.32 Å². The first-order chi connectivity index (χ1) is 8.61. The molecule has 1 aromatic carbocycles. The highest BCUT2D eigenvalue weighted by atomic mass is 79.9. The molecule has 1 amide bonds. The minimum absolute atomic E-state index is 0.0213. The smallest absolute Gasteiger partial charge is 0.234 e. The van der Waals surface area contributed by atoms with Gasteiger partial charge in [-0.15, -0.1) is 0 Å². The van der Waals surface area contributed by atoms with Crippen LogP contribution in [0.2, 0.25) is 0 Å². The highest BCUT2D eigenvalue weighted by Gasteiger charge is 2.18. The predicted octanol–water partition coefficient (Wildman–Crippen LogP) is 1.36. The molecule has 5 nitrogen and oxygen atoms in total. The number of fused-ring (bicyclic) bond motifs is 1. The SMILES string of the molecule is CC(NC(=O)CN)c1cc2c(cc1Br)OCCO2. The Hall–Kier alpha value is -1.27. The minimum Gasteiger partial charge on any atom is -0.486 e. The lowest BCUT2D eigenvalue weighted by molar-refractivity contribution is -0.120. The molecule has 0 spiro atoms. The second kappa shape index (κ2) is 5.58. The van der Waals surface area contributed by atoms with E-state index in [-0.39, 0.29) is 18.5 Å². The average molecular weight is 315 g/mol. The van der Waals surface area contributed by atoms with Crippen molar-refractivity contribution in [1.29, 1.82) is 0 Å². The van der Waals surface area contributed by atoms with Crippen molar-refractivity contribution >= 4 is 21.8 Å². The van der Waals surface area contributed by atoms with Gasteiger partial charge in [0, 0.05) is 4.47 Å². The van der Waals surface area contributed by atoms with E-state index in [9.17, 15) is 4.79 Å². The van der Waals surface area contributed by atoms with Crippen LogP contribution < -0.4 is 20.5 Å². The number of halogens is 1. The summed E-state index contributed by atoms with van der Waals surface area (Å²) in [6, 6.07) is 3.58. The molecule has 0 saturated carbocycles. The first-order valence-electron chi connectivity index (χ1n) is 5.70. The summed E-state index contributed by atoms with van der Waals surface area (Å²) in [5, 5.41) is 2.80. The molecule has 0 aromatic heterocycles. The molecule has 2 rings (SSSR count). The second-order valence-electron chi connectivity index (χ2n) is 4.01. The number of ether oxygens (including phenoxy) is 2. The number of nitrogens with one attached hydrogen (secondary N) is 1. The zero-order chi connectivity index (χ0) is 13.1. The van der Waals surface area contributed by atoms with Crippen molar-refractivity contribution in [3.05, 3.63) is 22.2 Å². The summed E-state index contributed by atoms with van der Waals surface area (Å²) >= 11 is 3.47. The Morgan fingerprint density at radius 2 is 2.06 bits per heavy atom. The normalized spacial score (nSPS) is 15.1. The van der Waals surface area contributed by atoms with Gasteiger partial charge in [0.2, 0.25) is 5.91 Å². The zero-order valence-electron chi connectivity index (χ0n) is 10.0. The van der Waals surface area contributed by atoms with Crippen LogP contribution in [0.3, 0.4) is 0 Å². The quantitative estimate of drug-likeness (QED) is 0.883. The van der Waals surface area contributed by atoms with Crippen LogP contribution in [0.4, 0.5) is 0 Å². The lowest BCUT2D eigenvalue weighted by Crippen LogP contribution is -2.32. The van der Waals surface area contributed by atoms with Crippen molar-refractivity contribution in [2.75, 3.05) is 19.8 Å². The van der Waals surface area contributed by atoms with Crippen LogP contribution in [0.1, 0.15) is 18.5 Å². The number of amides is 1. The Morgan fingerprint density at radius 1 is 1.44 bits per heavy atom. The molecule has 0 bridgehead atoms. The number of carbonyl (C=O) groups excluding carboxylic acids is 1. The highest BCUT2D eigenvalue weighted by Crippen LogP contribution is 2.37. The van der Waals surface area contributed by atoms with Crippen molar-refractivity contribution in [3.8, 4) is 11.5 Å². The molecular formula is C12H15BrN2O3. The van der Waals surface area contributed by atoms with Gasteiger partial charge in [-0.1, -0.05) is 15.9 Å². The topological polar surface area (TPSA) is 73.6 Å². The molecule has 0 fully saturated rings. The van der Waals surface area contributed by atoms with Crippen LogP contribution in [0.5, 0.6) is 11.5 Å². The van der Waals surface area contributed by atoms with E-state index in [0.717, 1.165) is 10.0 Å². The van der Waals surface area contributed by atoms with Gasteiger partial charge < -0.3 is 20.5 Å². The van der Waals surface area contributed by atoms with E-state index in [2.05, 4.69) is 21.2 Å². The van der Waals surface area contributed by atoms with Crippen molar-refractivity contribution in [3.63, 3.8) is 0 Å². The maximum absolute atomic E-state index is 11.3. The van der Waals surface area contributed by atoms with Gasteiger partial charge in [-0.25, -0.2) is 0 Å². The molecule has 0 radical (unpaired) electrons. The monoisotopic (exact) mass is 314 g/mol. The average Bonchev–Trinajstić information content (AvgIpc) is 2.37. The van der Waals surface area contributed by atoms with E-state index in [1.807, 2.05) is 19.1 Å². The molecule has 18 heavy (non-hydrogen) atoms. The van der Waals surface area contributed by atoms with Gasteiger partial charge in [0.15, 0.2) is 11.5 Å². The second-order valence-corrected chi connectivity index (χ2v) is 4.87. The summed E-state index contributed by atoms with van der Waals surface area (Å²) < 4.78 is 11.9. The first-order valence-corrected chi connectivity index (χ1v) is 6.49. The third-order valence-corrected chi connectivity index (χ3v) is 3.38. The van der Waals surface area contributed by atoms with Crippen LogP contribution in [-0.4, -0.2) is 25.7 Å². The molecule has 98 valence electrons. The number of carbonyl (C=O) groups is 1. The number of benzene rings is 1. The molecule has 1 atom stereocenters. The molecule has 1 aliphatic heterocycles. The van der Waals surface area contributed by atoms with Gasteiger partial charge in [-0.3, -0.25) is 4.79 Å². The third kappa shape index (κ3) is 2.76. The van der Waals surface area contributed by atoms with Crippen LogP contribution in [-0.2, 0) is 4.79 Å². The number of rotatable bonds is 3. The molecule has 0 saturated heterocycles. The van der Waals surface area contributed by atoms with Gasteiger partial charge in [-0.05, 0) is 24.6 Å². The summed E-state index contributed by atoms with van der Waals surface area (Å²) in [6.07, 6.45) is 0. The predicted molar refractivity (Wildman–Crippen MR) is 70.7 cm³/mol. The van der Waals surface area contributed by atoms with E-state index in [0.29, 0.717) is 24.7 Å². The Morgan fingerprint density at radius 3 is 2.67 bits per heavy atom. The fraction of sp³-hybridized carbons (Fsp3) is 0.417. The molecular weight excluding hydrogens is 300 g/mol. The Kier molecular flexibility index (Phi) is 4.08. The third-order valence-electron chi connectivity index (χ3n) is 2.69. The molecule has 0 aliphatic carbocycles. The number of nitrogens with two attached hydrogens (primary N) is 1. The standard InChI is InChI=1S/C12H15BrN2O3/c1-7(15-12(16)6-14)8-4-10-11(5-9(8)13)18-3-2-17-10/h4-5,7H,2-3,6,14H2,1H3,(H,15,16). The van der Waals surface area contributed by atoms with Gasteiger partial charge >= 0.3 is 0 Å². The largest absolute Gasteiger partial charge is 0.486 e. The van der Waals surface area contributed by atoms with Crippen LogP contribution in [0.15, 0.2) is 16.6 Å². The molecule has 1 aliphatic rings. The van der Waals surface area contributed by atoms with Crippen molar-refractivity contribution in [2.45, 2.75) is 13.0 Å². The summed E-state index contributed by atoms with van der Waals surface area (Å²) in [5.74, 6) is 1.23. The van der Waals surface area contributed by atoms with Crippen LogP contribution in [0, 0.1) is 0 Å². The molecule has 1 unspecified atom stereocenters. The van der Waals surface area contributed by atoms with Crippen molar-refractivity contribution < 1.29 is 14.3 Å². The summed E-state index contributed by atoms with van der Waals surface area (Å²) in [5.41, 5.74) is 6.21. The maximum Gasteiger partial charge on any atom is 0.234 e. The maximum atomic E-state index is 11.3. The van der Waals surface area contributed by atoms with Crippen LogP contribution in [0.25, 0.3) is 0 Å². The first kappa shape index (κ1) is 13.2. The van der Waals surface area contributed by atoms with Gasteiger partial charge in [-0.2, -0.15) is 0 Å². The van der Waals surface area contributed by atoms with Gasteiger partial charge in [0.25, 0.3) is 0 Å². The minimum atomic E-state index is -0.190. The van der Waals surface area contributed by atoms with Crippen molar-refractivity contribution in [2.24, 2.45) is 5.73 Å². The Bertz CT molecular complexity index is 465. The summed E-state index contributed by atoms with van der Waals surface area (Å²) in [6.45, 7) is 2.96. The van der Waals surface area contributed by atoms with Gasteiger partial charge in [0.1, 0.15) is 13.2 Å². The van der Waals surface area contributed by atoms with Gasteiger partial charge in [0.05, 0.1) is 12.6 Å². The Labute approximate surface area is 114 Å². The molecule has 1 aromatic rings. The summed E-state index contributed by atoms with van der Waals surface area (Å²) in [7, 11) is 0. The van der Waals surface area contributed by atoms with E-state index in [1.54, 1.807) is 0 Å². The fourth-order valence-electron chi connectivity index (χ4n) is 1.79. The van der Waals surface area contributed by atoms with Crippen LogP contribution >= 0.6 is 15.9 Å². The molecule has 3 N–H and O–H groups in total. The van der Waals surface area contributed by atoms with E-state index in [4.69, 9.17) is 15.2 Å². The number of hydrogen-bond donors (Lipinski definition) is 2. The number of hydrogen-bond acceptors (Lipinski definition) is 4. The van der Waals surface area contributed by atoms with E-state index >= 15 is 0 Å². The molecule has 6 heteroatoms. The summed E-state index contributed by atoms with van der Waals surface area (Å²) in [4.78, 5) is 11.3. The lowest BCUT2D eigenvalue weighted by Gasteiger charge is -2.22. The van der Waals surface area contributed by atoms with E-state index in [1.165, 1.54) is 0 Å². The van der Waals surface area contributed by atoms with E-state index < -0.39 is 0 Å². The lowest BCUT2D eigenvalue weighted by atomic mass is 10.1. The Balaban J connectivity index is 2.24. The highest BCUT2D eigenvalue weighted by molar-refractivity contribution is 9.10. The fourth-order valence-corrected chi connectivity index (χ4v) is 2.46. The zero-order valence-corrected chi connectivity index (χ0v) is 11.6. The molecule has 1 heterocycles.